The Morgan fingerprint density at radius 2 is 0.932 bits per heavy atom. The molecule has 4 N–H and O–H groups in total. The SMILES string of the molecule is CCC/C=C/CC/C=C/CC/C=C/C(O)C(CO)NC(=O)C(O)CCCCCCCCCCCCCCCCCCCCC. The molecule has 1 amide bonds. The molecule has 0 saturated heterocycles. The summed E-state index contributed by atoms with van der Waals surface area (Å²) in [6, 6.07) is -0.816. The summed E-state index contributed by atoms with van der Waals surface area (Å²) < 4.78 is 0. The molecule has 0 spiro atoms. The number of nitrogens with one attached hydrogen (secondary N) is 1. The smallest absolute Gasteiger partial charge is 0.249 e. The van der Waals surface area contributed by atoms with E-state index in [1.807, 2.05) is 6.08 Å². The molecular formula is C39H73NO4. The first kappa shape index (κ1) is 42.6. The predicted octanol–water partition coefficient (Wildman–Crippen LogP) is 10.0. The number of unbranched alkanes of at least 4 members (excludes halogenated alkanes) is 21. The zero-order valence-corrected chi connectivity index (χ0v) is 29.0. The summed E-state index contributed by atoms with van der Waals surface area (Å²) in [7, 11) is 0. The Morgan fingerprint density at radius 3 is 1.34 bits per heavy atom. The second-order valence-electron chi connectivity index (χ2n) is 12.8. The van der Waals surface area contributed by atoms with Gasteiger partial charge in [0.05, 0.1) is 18.8 Å². The van der Waals surface area contributed by atoms with Crippen molar-refractivity contribution in [2.24, 2.45) is 0 Å². The average molecular weight is 620 g/mol. The molecule has 5 heteroatoms. The van der Waals surface area contributed by atoms with Crippen LogP contribution >= 0.6 is 0 Å². The van der Waals surface area contributed by atoms with Crippen molar-refractivity contribution in [3.05, 3.63) is 36.5 Å². The monoisotopic (exact) mass is 620 g/mol. The first-order valence-corrected chi connectivity index (χ1v) is 18.8. The minimum atomic E-state index is -1.10. The maximum absolute atomic E-state index is 12.4. The van der Waals surface area contributed by atoms with Gasteiger partial charge in [-0.1, -0.05) is 179 Å². The molecule has 0 aromatic carbocycles. The summed E-state index contributed by atoms with van der Waals surface area (Å²) in [5, 5.41) is 32.9. The summed E-state index contributed by atoms with van der Waals surface area (Å²) in [6.45, 7) is 4.08. The fourth-order valence-corrected chi connectivity index (χ4v) is 5.46. The highest BCUT2D eigenvalue weighted by molar-refractivity contribution is 5.80. The van der Waals surface area contributed by atoms with Crippen LogP contribution in [0.1, 0.15) is 181 Å². The molecule has 3 unspecified atom stereocenters. The first-order chi connectivity index (χ1) is 21.6. The number of hydrogen-bond acceptors (Lipinski definition) is 4. The number of carbonyl (C=O) groups is 1. The van der Waals surface area contributed by atoms with Crippen molar-refractivity contribution < 1.29 is 20.1 Å². The maximum atomic E-state index is 12.4. The molecule has 0 heterocycles. The van der Waals surface area contributed by atoms with E-state index in [0.717, 1.165) is 51.4 Å². The minimum Gasteiger partial charge on any atom is -0.394 e. The van der Waals surface area contributed by atoms with E-state index < -0.39 is 24.2 Å². The molecule has 0 bridgehead atoms. The van der Waals surface area contributed by atoms with Crippen molar-refractivity contribution in [3.8, 4) is 0 Å². The van der Waals surface area contributed by atoms with E-state index in [-0.39, 0.29) is 6.61 Å². The number of rotatable bonds is 33. The Morgan fingerprint density at radius 1 is 0.545 bits per heavy atom. The van der Waals surface area contributed by atoms with Gasteiger partial charge < -0.3 is 20.6 Å². The lowest BCUT2D eigenvalue weighted by Gasteiger charge is -2.21. The van der Waals surface area contributed by atoms with Gasteiger partial charge in [-0.2, -0.15) is 0 Å². The van der Waals surface area contributed by atoms with Crippen LogP contribution < -0.4 is 5.32 Å². The van der Waals surface area contributed by atoms with Crippen LogP contribution in [0, 0.1) is 0 Å². The third-order valence-electron chi connectivity index (χ3n) is 8.44. The summed E-state index contributed by atoms with van der Waals surface area (Å²) in [5.74, 6) is -0.519. The van der Waals surface area contributed by atoms with Crippen LogP contribution in [0.15, 0.2) is 36.5 Å². The molecule has 0 rings (SSSR count). The number of carbonyl (C=O) groups excluding carboxylic acids is 1. The van der Waals surface area contributed by atoms with Gasteiger partial charge in [-0.15, -0.1) is 0 Å². The third-order valence-corrected chi connectivity index (χ3v) is 8.44. The molecular weight excluding hydrogens is 546 g/mol. The maximum Gasteiger partial charge on any atom is 0.249 e. The van der Waals surface area contributed by atoms with E-state index >= 15 is 0 Å². The van der Waals surface area contributed by atoms with Gasteiger partial charge in [-0.25, -0.2) is 0 Å². The van der Waals surface area contributed by atoms with Crippen molar-refractivity contribution in [1.29, 1.82) is 0 Å². The Kier molecular flexibility index (Phi) is 33.3. The van der Waals surface area contributed by atoms with E-state index in [9.17, 15) is 20.1 Å². The Hall–Kier alpha value is -1.43. The summed E-state index contributed by atoms with van der Waals surface area (Å²) in [6.07, 6.45) is 41.7. The quantitative estimate of drug-likeness (QED) is 0.0435. The fraction of sp³-hybridized carbons (Fsp3) is 0.821. The first-order valence-electron chi connectivity index (χ1n) is 18.8. The van der Waals surface area contributed by atoms with E-state index in [1.165, 1.54) is 109 Å². The molecule has 0 aliphatic heterocycles. The van der Waals surface area contributed by atoms with Crippen LogP contribution in [0.3, 0.4) is 0 Å². The fourth-order valence-electron chi connectivity index (χ4n) is 5.46. The zero-order chi connectivity index (χ0) is 32.4. The van der Waals surface area contributed by atoms with E-state index in [1.54, 1.807) is 6.08 Å². The molecule has 0 aliphatic carbocycles. The second-order valence-corrected chi connectivity index (χ2v) is 12.8. The van der Waals surface area contributed by atoms with Crippen LogP contribution in [0.2, 0.25) is 0 Å². The predicted molar refractivity (Wildman–Crippen MR) is 190 cm³/mol. The number of hydrogen-bond donors (Lipinski definition) is 4. The second kappa shape index (κ2) is 34.4. The molecule has 0 aliphatic rings. The van der Waals surface area contributed by atoms with Crippen LogP contribution in [0.4, 0.5) is 0 Å². The van der Waals surface area contributed by atoms with Gasteiger partial charge in [-0.3, -0.25) is 4.79 Å². The van der Waals surface area contributed by atoms with Crippen LogP contribution in [0.25, 0.3) is 0 Å². The van der Waals surface area contributed by atoms with Gasteiger partial charge in [0.15, 0.2) is 0 Å². The van der Waals surface area contributed by atoms with Gasteiger partial charge in [-0.05, 0) is 38.5 Å². The Balaban J connectivity index is 3.71. The normalized spacial score (nSPS) is 14.2. The number of amides is 1. The molecule has 0 radical (unpaired) electrons. The number of aliphatic hydroxyl groups excluding tert-OH is 3. The minimum absolute atomic E-state index is 0.380. The molecule has 0 aromatic rings. The van der Waals surface area contributed by atoms with Crippen molar-refractivity contribution in [3.63, 3.8) is 0 Å². The van der Waals surface area contributed by atoms with E-state index in [2.05, 4.69) is 43.5 Å². The van der Waals surface area contributed by atoms with Gasteiger partial charge >= 0.3 is 0 Å². The Bertz CT molecular complexity index is 690. The molecule has 5 nitrogen and oxygen atoms in total. The van der Waals surface area contributed by atoms with Crippen molar-refractivity contribution in [2.45, 2.75) is 199 Å². The average Bonchev–Trinajstić information content (AvgIpc) is 3.03. The molecule has 0 fully saturated rings. The highest BCUT2D eigenvalue weighted by Gasteiger charge is 2.22. The van der Waals surface area contributed by atoms with Crippen LogP contribution in [-0.2, 0) is 4.79 Å². The lowest BCUT2D eigenvalue weighted by atomic mass is 10.0. The highest BCUT2D eigenvalue weighted by Crippen LogP contribution is 2.15. The highest BCUT2D eigenvalue weighted by atomic mass is 16.3. The number of allylic oxidation sites excluding steroid dienone is 5. The lowest BCUT2D eigenvalue weighted by molar-refractivity contribution is -0.131. The Labute approximate surface area is 273 Å². The van der Waals surface area contributed by atoms with Gasteiger partial charge in [0.1, 0.15) is 6.10 Å². The zero-order valence-electron chi connectivity index (χ0n) is 29.0. The summed E-state index contributed by atoms with van der Waals surface area (Å²) >= 11 is 0. The van der Waals surface area contributed by atoms with E-state index in [0.29, 0.717) is 6.42 Å². The molecule has 258 valence electrons. The molecule has 3 atom stereocenters. The van der Waals surface area contributed by atoms with Crippen molar-refractivity contribution in [1.82, 2.24) is 5.32 Å². The van der Waals surface area contributed by atoms with Gasteiger partial charge in [0.2, 0.25) is 5.91 Å². The molecule has 44 heavy (non-hydrogen) atoms. The van der Waals surface area contributed by atoms with Crippen LogP contribution in [-0.4, -0.2) is 46.1 Å². The summed E-state index contributed by atoms with van der Waals surface area (Å²) in [4.78, 5) is 12.4. The lowest BCUT2D eigenvalue weighted by Crippen LogP contribution is -2.48. The largest absolute Gasteiger partial charge is 0.394 e. The standard InChI is InChI=1S/C39H73NO4/c1-3-5-7-9-11-13-15-16-17-18-19-20-21-22-24-26-28-30-32-34-38(43)39(44)40-36(35-41)37(42)33-31-29-27-25-23-14-12-10-8-6-4-2/h8,10,23,25,31,33,36-38,41-43H,3-7,9,11-22,24,26-30,32,34-35H2,1-2H3,(H,40,44)/b10-8+,25-23+,33-31+. The van der Waals surface area contributed by atoms with E-state index in [4.69, 9.17) is 0 Å². The number of aliphatic hydroxyl groups is 3. The molecule has 0 aromatic heterocycles. The topological polar surface area (TPSA) is 89.8 Å². The van der Waals surface area contributed by atoms with Gasteiger partial charge in [0, 0.05) is 0 Å². The van der Waals surface area contributed by atoms with Crippen molar-refractivity contribution >= 4 is 5.91 Å². The van der Waals surface area contributed by atoms with Crippen molar-refractivity contribution in [2.75, 3.05) is 6.61 Å². The van der Waals surface area contributed by atoms with Gasteiger partial charge in [0.25, 0.3) is 0 Å². The third kappa shape index (κ3) is 29.3. The summed E-state index contributed by atoms with van der Waals surface area (Å²) in [5.41, 5.74) is 0. The molecule has 0 saturated carbocycles. The van der Waals surface area contributed by atoms with Crippen LogP contribution in [0.5, 0.6) is 0 Å².